The van der Waals surface area contributed by atoms with Gasteiger partial charge in [-0.25, -0.2) is 8.42 Å². The second-order valence-electron chi connectivity index (χ2n) is 5.19. The zero-order valence-corrected chi connectivity index (χ0v) is 13.1. The Morgan fingerprint density at radius 3 is 2.67 bits per heavy atom. The van der Waals surface area contributed by atoms with Crippen molar-refractivity contribution in [2.45, 2.75) is 24.3 Å². The molecule has 0 saturated carbocycles. The van der Waals surface area contributed by atoms with Gasteiger partial charge in [-0.1, -0.05) is 18.5 Å². The number of nitrogens with one attached hydrogen (secondary N) is 2. The van der Waals surface area contributed by atoms with Gasteiger partial charge in [0.1, 0.15) is 4.90 Å². The number of fused-ring (bicyclic) bond motifs is 1. The molecule has 0 bridgehead atoms. The fraction of sp³-hybridized carbons (Fsp3) is 0.462. The number of hydrogen-bond donors (Lipinski definition) is 2. The lowest BCUT2D eigenvalue weighted by molar-refractivity contribution is -0.115. The van der Waals surface area contributed by atoms with Crippen LogP contribution in [0.1, 0.15) is 12.5 Å². The predicted octanol–water partition coefficient (Wildman–Crippen LogP) is 0.817. The first-order chi connectivity index (χ1) is 9.93. The zero-order chi connectivity index (χ0) is 15.2. The lowest BCUT2D eigenvalue weighted by Crippen LogP contribution is -2.58. The summed E-state index contributed by atoms with van der Waals surface area (Å²) >= 11 is 6.13. The molecule has 3 rings (SSSR count). The Morgan fingerprint density at radius 1 is 1.38 bits per heavy atom. The molecule has 1 amide bonds. The van der Waals surface area contributed by atoms with E-state index in [9.17, 15) is 13.2 Å². The minimum absolute atomic E-state index is 0.0379. The van der Waals surface area contributed by atoms with E-state index in [0.717, 1.165) is 0 Å². The molecular weight excluding hydrogens is 314 g/mol. The van der Waals surface area contributed by atoms with Gasteiger partial charge in [0.2, 0.25) is 15.9 Å². The monoisotopic (exact) mass is 329 g/mol. The molecule has 6 nitrogen and oxygen atoms in total. The van der Waals surface area contributed by atoms with Crippen molar-refractivity contribution in [1.82, 2.24) is 9.62 Å². The lowest BCUT2D eigenvalue weighted by atomic mass is 10.2. The summed E-state index contributed by atoms with van der Waals surface area (Å²) in [6, 6.07) is 2.99. The van der Waals surface area contributed by atoms with Crippen LogP contribution in [0.25, 0.3) is 0 Å². The SMILES string of the molecule is CCN(C1CNC1)S(=O)(=O)c1cc2c(cc1Cl)NC(=O)C2. The van der Waals surface area contributed by atoms with Crippen LogP contribution in [0, 0.1) is 0 Å². The summed E-state index contributed by atoms with van der Waals surface area (Å²) in [6.07, 6.45) is 0.187. The number of rotatable bonds is 4. The van der Waals surface area contributed by atoms with Gasteiger partial charge in [0, 0.05) is 25.3 Å². The van der Waals surface area contributed by atoms with Crippen LogP contribution in [0.2, 0.25) is 5.02 Å². The van der Waals surface area contributed by atoms with Crippen LogP contribution in [0.4, 0.5) is 5.69 Å². The Hall–Kier alpha value is -1.15. The van der Waals surface area contributed by atoms with Crippen LogP contribution < -0.4 is 10.6 Å². The maximum Gasteiger partial charge on any atom is 0.244 e. The molecule has 8 heteroatoms. The summed E-state index contributed by atoms with van der Waals surface area (Å²) in [4.78, 5) is 11.5. The number of carbonyl (C=O) groups excluding carboxylic acids is 1. The van der Waals surface area contributed by atoms with Crippen molar-refractivity contribution in [2.75, 3.05) is 25.0 Å². The van der Waals surface area contributed by atoms with Gasteiger partial charge in [-0.05, 0) is 17.7 Å². The summed E-state index contributed by atoms with van der Waals surface area (Å²) in [6.45, 7) is 3.49. The minimum Gasteiger partial charge on any atom is -0.325 e. The highest BCUT2D eigenvalue weighted by atomic mass is 35.5. The first-order valence-electron chi connectivity index (χ1n) is 6.78. The fourth-order valence-electron chi connectivity index (χ4n) is 2.65. The van der Waals surface area contributed by atoms with Gasteiger partial charge in [-0.15, -0.1) is 0 Å². The Labute approximate surface area is 128 Å². The van der Waals surface area contributed by atoms with E-state index in [1.54, 1.807) is 0 Å². The molecule has 1 aromatic rings. The Balaban J connectivity index is 2.03. The van der Waals surface area contributed by atoms with Crippen molar-refractivity contribution in [3.63, 3.8) is 0 Å². The van der Waals surface area contributed by atoms with Gasteiger partial charge < -0.3 is 10.6 Å². The smallest absolute Gasteiger partial charge is 0.244 e. The lowest BCUT2D eigenvalue weighted by Gasteiger charge is -2.36. The first kappa shape index (κ1) is 14.8. The van der Waals surface area contributed by atoms with Crippen LogP contribution in [0.5, 0.6) is 0 Å². The summed E-state index contributed by atoms with van der Waals surface area (Å²) in [5, 5.41) is 5.87. The number of likely N-dealkylation sites (N-methyl/N-ethyl adjacent to an activating group) is 1. The van der Waals surface area contributed by atoms with Crippen molar-refractivity contribution in [3.8, 4) is 0 Å². The standard InChI is InChI=1S/C13H16ClN3O3S/c1-2-17(9-6-15-7-9)21(19,20)12-3-8-4-13(18)16-11(8)5-10(12)14/h3,5,9,15H,2,4,6-7H2,1H3,(H,16,18). The largest absolute Gasteiger partial charge is 0.325 e. The Kier molecular flexibility index (Phi) is 3.69. The molecule has 2 N–H and O–H groups in total. The second-order valence-corrected chi connectivity index (χ2v) is 7.45. The highest BCUT2D eigenvalue weighted by Crippen LogP contribution is 2.34. The number of carbonyl (C=O) groups is 1. The molecule has 1 saturated heterocycles. The van der Waals surface area contributed by atoms with Gasteiger partial charge in [-0.2, -0.15) is 4.31 Å². The number of nitrogens with zero attached hydrogens (tertiary/aromatic N) is 1. The third-order valence-corrected chi connectivity index (χ3v) is 6.34. The van der Waals surface area contributed by atoms with Gasteiger partial charge in [0.25, 0.3) is 0 Å². The van der Waals surface area contributed by atoms with Crippen LogP contribution in [0.3, 0.4) is 0 Å². The molecule has 0 atom stereocenters. The van der Waals surface area contributed by atoms with Crippen molar-refractivity contribution in [1.29, 1.82) is 0 Å². The molecule has 1 fully saturated rings. The molecule has 21 heavy (non-hydrogen) atoms. The molecule has 2 aliphatic heterocycles. The third-order valence-electron chi connectivity index (χ3n) is 3.85. The van der Waals surface area contributed by atoms with Crippen LogP contribution >= 0.6 is 11.6 Å². The van der Waals surface area contributed by atoms with Gasteiger partial charge in [0.05, 0.1) is 17.5 Å². The first-order valence-corrected chi connectivity index (χ1v) is 8.60. The van der Waals surface area contributed by atoms with Crippen molar-refractivity contribution in [3.05, 3.63) is 22.7 Å². The third kappa shape index (κ3) is 2.44. The molecule has 114 valence electrons. The van der Waals surface area contributed by atoms with E-state index in [1.165, 1.54) is 16.4 Å². The van der Waals surface area contributed by atoms with E-state index in [1.807, 2.05) is 6.92 Å². The van der Waals surface area contributed by atoms with Crippen molar-refractivity contribution >= 4 is 33.2 Å². The van der Waals surface area contributed by atoms with E-state index >= 15 is 0 Å². The van der Waals surface area contributed by atoms with Gasteiger partial charge in [-0.3, -0.25) is 4.79 Å². The molecule has 2 aliphatic rings. The topological polar surface area (TPSA) is 78.5 Å². The average molecular weight is 330 g/mol. The molecule has 1 aromatic carbocycles. The number of anilines is 1. The van der Waals surface area contributed by atoms with Crippen molar-refractivity contribution in [2.24, 2.45) is 0 Å². The molecular formula is C13H16ClN3O3S. The summed E-state index contributed by atoms with van der Waals surface area (Å²) in [5.41, 5.74) is 1.27. The van der Waals surface area contributed by atoms with Gasteiger partial charge >= 0.3 is 0 Å². The summed E-state index contributed by atoms with van der Waals surface area (Å²) < 4.78 is 27.1. The zero-order valence-electron chi connectivity index (χ0n) is 11.5. The highest BCUT2D eigenvalue weighted by Gasteiger charge is 2.35. The van der Waals surface area contributed by atoms with Crippen molar-refractivity contribution < 1.29 is 13.2 Å². The van der Waals surface area contributed by atoms with Gasteiger partial charge in [0.15, 0.2) is 0 Å². The maximum absolute atomic E-state index is 12.8. The Morgan fingerprint density at radius 2 is 2.10 bits per heavy atom. The average Bonchev–Trinajstić information content (AvgIpc) is 2.71. The molecule has 0 aliphatic carbocycles. The molecule has 0 spiro atoms. The van der Waals surface area contributed by atoms with E-state index in [-0.39, 0.29) is 28.3 Å². The van der Waals surface area contributed by atoms with E-state index in [4.69, 9.17) is 11.6 Å². The molecule has 2 heterocycles. The number of hydrogen-bond acceptors (Lipinski definition) is 4. The van der Waals surface area contributed by atoms with Crippen LogP contribution in [-0.2, 0) is 21.2 Å². The van der Waals surface area contributed by atoms with E-state index < -0.39 is 10.0 Å². The highest BCUT2D eigenvalue weighted by molar-refractivity contribution is 7.89. The summed E-state index contributed by atoms with van der Waals surface area (Å²) in [5.74, 6) is -0.147. The number of amides is 1. The maximum atomic E-state index is 12.8. The number of benzene rings is 1. The van der Waals surface area contributed by atoms with E-state index in [0.29, 0.717) is 30.9 Å². The fourth-order valence-corrected chi connectivity index (χ4v) is 4.84. The van der Waals surface area contributed by atoms with E-state index in [2.05, 4.69) is 10.6 Å². The second kappa shape index (κ2) is 5.24. The summed E-state index contributed by atoms with van der Waals surface area (Å²) in [7, 11) is -3.66. The number of halogens is 1. The van der Waals surface area contributed by atoms with Crippen LogP contribution in [-0.4, -0.2) is 44.3 Å². The predicted molar refractivity (Wildman–Crippen MR) is 80.0 cm³/mol. The molecule has 0 unspecified atom stereocenters. The van der Waals surface area contributed by atoms with Crippen LogP contribution in [0.15, 0.2) is 17.0 Å². The molecule has 0 aromatic heterocycles. The minimum atomic E-state index is -3.66. The Bertz CT molecular complexity index is 701. The normalized spacial score (nSPS) is 18.5. The number of sulfonamides is 1. The quantitative estimate of drug-likeness (QED) is 0.857. The molecule has 0 radical (unpaired) electrons.